The summed E-state index contributed by atoms with van der Waals surface area (Å²) in [5.74, 6) is 0.320. The molecule has 4 N–H and O–H groups in total. The average Bonchev–Trinajstić information content (AvgIpc) is 2.51. The molecule has 0 radical (unpaired) electrons. The number of hydrogen-bond donors (Lipinski definition) is 4. The van der Waals surface area contributed by atoms with Crippen LogP contribution >= 0.6 is 0 Å². The zero-order valence-electron chi connectivity index (χ0n) is 13.3. The molecule has 122 valence electrons. The van der Waals surface area contributed by atoms with Crippen LogP contribution in [0.2, 0.25) is 0 Å². The van der Waals surface area contributed by atoms with Crippen molar-refractivity contribution in [2.75, 3.05) is 6.61 Å². The standard InChI is InChI=1S/C18H26O4/c1-17-6-5-16(22)18(2,10-20)15(17)4-3-11-7-12(9-19)14(21)8-13(11)17/h7-8,15-16,19-22H,3-6,9-10H2,1-2H3/t15-,16-,17-,18+/m0/s1. The van der Waals surface area contributed by atoms with E-state index >= 15 is 0 Å². The Morgan fingerprint density at radius 3 is 2.55 bits per heavy atom. The predicted octanol–water partition coefficient (Wildman–Crippen LogP) is 1.86. The summed E-state index contributed by atoms with van der Waals surface area (Å²) in [4.78, 5) is 0. The molecule has 0 spiro atoms. The minimum atomic E-state index is -0.504. The van der Waals surface area contributed by atoms with Crippen molar-refractivity contribution >= 4 is 0 Å². The molecule has 0 aliphatic heterocycles. The number of aryl methyl sites for hydroxylation is 1. The quantitative estimate of drug-likeness (QED) is 0.672. The summed E-state index contributed by atoms with van der Waals surface area (Å²) >= 11 is 0. The van der Waals surface area contributed by atoms with E-state index in [0.29, 0.717) is 12.0 Å². The van der Waals surface area contributed by atoms with Crippen LogP contribution in [0.4, 0.5) is 0 Å². The molecule has 0 heterocycles. The summed E-state index contributed by atoms with van der Waals surface area (Å²) in [6.45, 7) is 3.98. The van der Waals surface area contributed by atoms with E-state index in [4.69, 9.17) is 0 Å². The van der Waals surface area contributed by atoms with Gasteiger partial charge >= 0.3 is 0 Å². The normalized spacial score (nSPS) is 37.5. The molecule has 0 amide bonds. The minimum absolute atomic E-state index is 0.0234. The number of fused-ring (bicyclic) bond motifs is 3. The summed E-state index contributed by atoms with van der Waals surface area (Å²) in [7, 11) is 0. The topological polar surface area (TPSA) is 80.9 Å². The van der Waals surface area contributed by atoms with Gasteiger partial charge in [0.15, 0.2) is 0 Å². The van der Waals surface area contributed by atoms with Crippen molar-refractivity contribution in [2.45, 2.75) is 57.7 Å². The molecule has 1 fully saturated rings. The van der Waals surface area contributed by atoms with Gasteiger partial charge in [-0.3, -0.25) is 0 Å². The highest BCUT2D eigenvalue weighted by Gasteiger charge is 2.55. The fourth-order valence-corrected chi connectivity index (χ4v) is 4.94. The van der Waals surface area contributed by atoms with Crippen LogP contribution in [-0.2, 0) is 18.4 Å². The lowest BCUT2D eigenvalue weighted by atomic mass is 9.49. The molecule has 4 nitrogen and oxygen atoms in total. The first-order valence-corrected chi connectivity index (χ1v) is 8.12. The molecular weight excluding hydrogens is 280 g/mol. The van der Waals surface area contributed by atoms with Gasteiger partial charge in [0.1, 0.15) is 5.75 Å². The van der Waals surface area contributed by atoms with Crippen molar-refractivity contribution in [1.29, 1.82) is 0 Å². The fraction of sp³-hybridized carbons (Fsp3) is 0.667. The third-order valence-electron chi connectivity index (χ3n) is 6.40. The maximum absolute atomic E-state index is 10.4. The van der Waals surface area contributed by atoms with E-state index in [2.05, 4.69) is 6.92 Å². The molecule has 22 heavy (non-hydrogen) atoms. The Hall–Kier alpha value is -1.10. The van der Waals surface area contributed by atoms with Gasteiger partial charge in [-0.15, -0.1) is 0 Å². The molecule has 2 aliphatic rings. The summed E-state index contributed by atoms with van der Waals surface area (Å²) < 4.78 is 0. The van der Waals surface area contributed by atoms with E-state index in [1.165, 1.54) is 5.56 Å². The summed E-state index contributed by atoms with van der Waals surface area (Å²) in [5, 5.41) is 39.8. The Morgan fingerprint density at radius 2 is 1.91 bits per heavy atom. The number of benzene rings is 1. The average molecular weight is 306 g/mol. The summed E-state index contributed by atoms with van der Waals surface area (Å²) in [5.41, 5.74) is 2.20. The van der Waals surface area contributed by atoms with E-state index in [1.807, 2.05) is 13.0 Å². The van der Waals surface area contributed by atoms with Gasteiger partial charge in [0.25, 0.3) is 0 Å². The molecule has 1 saturated carbocycles. The van der Waals surface area contributed by atoms with Crippen LogP contribution in [0, 0.1) is 11.3 Å². The van der Waals surface area contributed by atoms with Gasteiger partial charge in [0.2, 0.25) is 0 Å². The molecule has 1 aromatic rings. The maximum Gasteiger partial charge on any atom is 0.121 e. The number of rotatable bonds is 2. The van der Waals surface area contributed by atoms with Crippen molar-refractivity contribution in [2.24, 2.45) is 11.3 Å². The van der Waals surface area contributed by atoms with E-state index in [0.717, 1.165) is 24.8 Å². The number of hydrogen-bond acceptors (Lipinski definition) is 4. The van der Waals surface area contributed by atoms with Gasteiger partial charge in [-0.25, -0.2) is 0 Å². The number of aromatic hydroxyl groups is 1. The smallest absolute Gasteiger partial charge is 0.121 e. The van der Waals surface area contributed by atoms with Crippen LogP contribution in [0.25, 0.3) is 0 Å². The molecule has 4 heteroatoms. The predicted molar refractivity (Wildman–Crippen MR) is 83.6 cm³/mol. The van der Waals surface area contributed by atoms with Gasteiger partial charge in [-0.1, -0.05) is 13.8 Å². The van der Waals surface area contributed by atoms with Crippen LogP contribution in [0.3, 0.4) is 0 Å². The second-order valence-electron chi connectivity index (χ2n) is 7.52. The first kappa shape index (κ1) is 15.8. The number of phenols is 1. The molecule has 0 saturated heterocycles. The van der Waals surface area contributed by atoms with Crippen molar-refractivity contribution in [1.82, 2.24) is 0 Å². The Morgan fingerprint density at radius 1 is 1.18 bits per heavy atom. The van der Waals surface area contributed by atoms with Crippen molar-refractivity contribution in [3.8, 4) is 5.75 Å². The highest BCUT2D eigenvalue weighted by Crippen LogP contribution is 2.57. The Labute approximate surface area is 131 Å². The van der Waals surface area contributed by atoms with Crippen LogP contribution < -0.4 is 0 Å². The summed E-state index contributed by atoms with van der Waals surface area (Å²) in [6.07, 6.45) is 2.78. The first-order valence-electron chi connectivity index (χ1n) is 8.12. The highest BCUT2D eigenvalue weighted by molar-refractivity contribution is 5.47. The van der Waals surface area contributed by atoms with Crippen molar-refractivity contribution in [3.63, 3.8) is 0 Å². The minimum Gasteiger partial charge on any atom is -0.508 e. The lowest BCUT2D eigenvalue weighted by molar-refractivity contribution is -0.110. The molecule has 3 rings (SSSR count). The molecular formula is C18H26O4. The second kappa shape index (κ2) is 5.22. The molecule has 0 aromatic heterocycles. The lowest BCUT2D eigenvalue weighted by Crippen LogP contribution is -2.56. The van der Waals surface area contributed by atoms with Crippen LogP contribution in [0.5, 0.6) is 5.75 Å². The lowest BCUT2D eigenvalue weighted by Gasteiger charge is -2.56. The highest BCUT2D eigenvalue weighted by atomic mass is 16.3. The Bertz CT molecular complexity index is 585. The molecule has 0 unspecified atom stereocenters. The Balaban J connectivity index is 2.12. The molecule has 4 atom stereocenters. The van der Waals surface area contributed by atoms with E-state index in [1.54, 1.807) is 6.07 Å². The maximum atomic E-state index is 10.4. The van der Waals surface area contributed by atoms with Crippen LogP contribution in [0.15, 0.2) is 12.1 Å². The van der Waals surface area contributed by atoms with Gasteiger partial charge < -0.3 is 20.4 Å². The zero-order valence-corrected chi connectivity index (χ0v) is 13.3. The largest absolute Gasteiger partial charge is 0.508 e. The van der Waals surface area contributed by atoms with Crippen molar-refractivity contribution in [3.05, 3.63) is 28.8 Å². The van der Waals surface area contributed by atoms with E-state index < -0.39 is 11.5 Å². The molecule has 1 aromatic carbocycles. The SMILES string of the molecule is C[C@@]1(CO)[C@H]2CCc3cc(CO)c(O)cc3[C@]2(C)CC[C@@H]1O. The van der Waals surface area contributed by atoms with E-state index in [-0.39, 0.29) is 30.3 Å². The van der Waals surface area contributed by atoms with Gasteiger partial charge in [-0.2, -0.15) is 0 Å². The van der Waals surface area contributed by atoms with Gasteiger partial charge in [-0.05, 0) is 60.3 Å². The number of aliphatic hydroxyl groups is 3. The second-order valence-corrected chi connectivity index (χ2v) is 7.52. The third kappa shape index (κ3) is 2.01. The summed E-state index contributed by atoms with van der Waals surface area (Å²) in [6, 6.07) is 3.70. The van der Waals surface area contributed by atoms with E-state index in [9.17, 15) is 20.4 Å². The van der Waals surface area contributed by atoms with Gasteiger partial charge in [0, 0.05) is 11.0 Å². The third-order valence-corrected chi connectivity index (χ3v) is 6.40. The fourth-order valence-electron chi connectivity index (χ4n) is 4.94. The van der Waals surface area contributed by atoms with Crippen LogP contribution in [0.1, 0.15) is 49.8 Å². The van der Waals surface area contributed by atoms with Crippen LogP contribution in [-0.4, -0.2) is 33.1 Å². The number of aliphatic hydroxyl groups excluding tert-OH is 3. The first-order chi connectivity index (χ1) is 10.4. The monoisotopic (exact) mass is 306 g/mol. The molecule has 2 aliphatic carbocycles. The Kier molecular flexibility index (Phi) is 3.75. The van der Waals surface area contributed by atoms with Gasteiger partial charge in [0.05, 0.1) is 19.3 Å². The zero-order chi connectivity index (χ0) is 16.1. The van der Waals surface area contributed by atoms with Crippen molar-refractivity contribution < 1.29 is 20.4 Å². The molecule has 0 bridgehead atoms.